The number of carbonyl (C=O) groups is 2. The van der Waals surface area contributed by atoms with E-state index in [0.717, 1.165) is 38.5 Å². The minimum atomic E-state index is -5.38. The third kappa shape index (κ3) is 31.2. The van der Waals surface area contributed by atoms with Gasteiger partial charge in [0.15, 0.2) is 6.10 Å². The summed E-state index contributed by atoms with van der Waals surface area (Å²) in [4.78, 5) is 54.2. The number of unbranched alkanes of at least 4 members (excludes halogenated alkanes) is 9. The van der Waals surface area contributed by atoms with Gasteiger partial charge in [0, 0.05) is 12.8 Å². The molecule has 378 valence electrons. The summed E-state index contributed by atoms with van der Waals surface area (Å²) in [6, 6.07) is 0. The summed E-state index contributed by atoms with van der Waals surface area (Å²) >= 11 is 0. The van der Waals surface area contributed by atoms with Crippen LogP contribution in [0.2, 0.25) is 0 Å². The summed E-state index contributed by atoms with van der Waals surface area (Å²) in [5.74, 6) is -1.36. The van der Waals surface area contributed by atoms with Gasteiger partial charge < -0.3 is 49.7 Å². The van der Waals surface area contributed by atoms with Crippen LogP contribution in [0.25, 0.3) is 0 Å². The minimum absolute atomic E-state index is 0.0432. The monoisotopic (exact) mass is 976 g/mol. The van der Waals surface area contributed by atoms with Gasteiger partial charge in [0.05, 0.1) is 12.7 Å². The van der Waals surface area contributed by atoms with Crippen molar-refractivity contribution in [2.24, 2.45) is 0 Å². The first-order valence-electron chi connectivity index (χ1n) is 23.2. The number of esters is 2. The molecule has 8 N–H and O–H groups in total. The Morgan fingerprint density at radius 3 is 1.64 bits per heavy atom. The van der Waals surface area contributed by atoms with E-state index in [-0.39, 0.29) is 12.8 Å². The summed E-state index contributed by atoms with van der Waals surface area (Å²) in [7, 11) is -10.7. The van der Waals surface area contributed by atoms with E-state index < -0.39 is 89.6 Å². The van der Waals surface area contributed by atoms with E-state index in [9.17, 15) is 49.1 Å². The van der Waals surface area contributed by atoms with Gasteiger partial charge in [-0.3, -0.25) is 23.2 Å². The van der Waals surface area contributed by atoms with Crippen LogP contribution in [0.15, 0.2) is 85.1 Å². The molecular weight excluding hydrogens is 898 g/mol. The Bertz CT molecular complexity index is 1620. The second kappa shape index (κ2) is 37.1. The van der Waals surface area contributed by atoms with Crippen molar-refractivity contribution in [3.8, 4) is 0 Å². The highest BCUT2D eigenvalue weighted by Gasteiger charge is 2.54. The smallest absolute Gasteiger partial charge is 0.462 e. The van der Waals surface area contributed by atoms with E-state index in [0.29, 0.717) is 38.5 Å². The standard InChI is InChI=1S/C47H78O17P2/c1-3-5-7-9-11-12-13-14-15-16-17-18-22-26-30-34-40(49)60-36-39(37-61-66(58,59)64-47-44(53)42(51)43(52)46(45(47)54)63-65(55,56)57)62-41(50)35-31-27-23-20-19-21-25-29-33-38(48)32-28-24-10-8-6-4-2/h11-12,14-15,17-18,20-21,23-25,28-29,33,38-39,42-48,51-54H,3-10,13,16,19,22,26-27,30-32,34-37H2,1-2H3,(H,58,59)(H2,55,56,57)/b12-11-,15-14-,18-17-,23-20-,25-21-,28-24-,33-29+/t38-,39+,42?,43?,44?,45?,46+,47-/m0/s1. The molecule has 0 aliphatic heterocycles. The molecule has 0 aromatic carbocycles. The lowest BCUT2D eigenvalue weighted by molar-refractivity contribution is -0.216. The van der Waals surface area contributed by atoms with E-state index in [2.05, 4.69) is 54.8 Å². The number of phosphoric ester groups is 2. The maximum Gasteiger partial charge on any atom is 0.472 e. The topological polar surface area (TPSA) is 276 Å². The Balaban J connectivity index is 2.71. The molecule has 66 heavy (non-hydrogen) atoms. The molecule has 1 aliphatic carbocycles. The van der Waals surface area contributed by atoms with Crippen LogP contribution in [-0.2, 0) is 41.8 Å². The number of phosphoric acid groups is 2. The van der Waals surface area contributed by atoms with Gasteiger partial charge in [-0.1, -0.05) is 125 Å². The fourth-order valence-electron chi connectivity index (χ4n) is 6.34. The molecule has 9 atom stereocenters. The number of carbonyl (C=O) groups excluding carboxylic acids is 2. The van der Waals surface area contributed by atoms with Crippen molar-refractivity contribution in [1.82, 2.24) is 0 Å². The normalized spacial score (nSPS) is 22.8. The molecule has 0 saturated heterocycles. The quantitative estimate of drug-likeness (QED) is 0.00979. The summed E-state index contributed by atoms with van der Waals surface area (Å²) in [5.41, 5.74) is 0. The molecule has 1 fully saturated rings. The fourth-order valence-corrected chi connectivity index (χ4v) is 7.88. The molecule has 5 unspecified atom stereocenters. The molecule has 1 aliphatic rings. The van der Waals surface area contributed by atoms with Crippen LogP contribution in [0.1, 0.15) is 136 Å². The predicted molar refractivity (Wildman–Crippen MR) is 251 cm³/mol. The van der Waals surface area contributed by atoms with Gasteiger partial charge in [-0.25, -0.2) is 9.13 Å². The zero-order chi connectivity index (χ0) is 49.1. The molecular formula is C47H78O17P2. The van der Waals surface area contributed by atoms with Gasteiger partial charge >= 0.3 is 27.6 Å². The number of hydrogen-bond acceptors (Lipinski definition) is 14. The Kier molecular flexibility index (Phi) is 34.4. The molecule has 0 heterocycles. The molecule has 0 aromatic heterocycles. The second-order valence-corrected chi connectivity index (χ2v) is 18.6. The van der Waals surface area contributed by atoms with Crippen LogP contribution in [0.4, 0.5) is 0 Å². The maximum absolute atomic E-state index is 13.0. The Hall–Kier alpha value is -2.86. The highest BCUT2D eigenvalue weighted by atomic mass is 31.2. The van der Waals surface area contributed by atoms with Crippen molar-refractivity contribution < 1.29 is 82.0 Å². The van der Waals surface area contributed by atoms with Crippen molar-refractivity contribution in [2.75, 3.05) is 13.2 Å². The lowest BCUT2D eigenvalue weighted by Gasteiger charge is -2.43. The summed E-state index contributed by atoms with van der Waals surface area (Å²) in [5, 5.41) is 51.3. The zero-order valence-electron chi connectivity index (χ0n) is 38.7. The predicted octanol–water partition coefficient (Wildman–Crippen LogP) is 7.58. The van der Waals surface area contributed by atoms with Gasteiger partial charge in [0.2, 0.25) is 0 Å². The molecule has 17 nitrogen and oxygen atoms in total. The van der Waals surface area contributed by atoms with E-state index in [1.54, 1.807) is 12.2 Å². The summed E-state index contributed by atoms with van der Waals surface area (Å²) in [6.45, 7) is 2.88. The fraction of sp³-hybridized carbons (Fsp3) is 0.660. The molecule has 19 heteroatoms. The Labute approximate surface area is 391 Å². The highest BCUT2D eigenvalue weighted by molar-refractivity contribution is 7.47. The highest BCUT2D eigenvalue weighted by Crippen LogP contribution is 2.49. The Morgan fingerprint density at radius 1 is 0.561 bits per heavy atom. The Morgan fingerprint density at radius 2 is 1.06 bits per heavy atom. The summed E-state index contributed by atoms with van der Waals surface area (Å²) in [6.07, 6.45) is 27.2. The van der Waals surface area contributed by atoms with Crippen molar-refractivity contribution in [3.63, 3.8) is 0 Å². The number of hydrogen-bond donors (Lipinski definition) is 8. The van der Waals surface area contributed by atoms with Crippen LogP contribution in [0.5, 0.6) is 0 Å². The summed E-state index contributed by atoms with van der Waals surface area (Å²) < 4.78 is 49.2. The van der Waals surface area contributed by atoms with Crippen LogP contribution >= 0.6 is 15.6 Å². The zero-order valence-corrected chi connectivity index (χ0v) is 40.5. The van der Waals surface area contributed by atoms with Crippen molar-refractivity contribution in [1.29, 1.82) is 0 Å². The SMILES string of the molecule is CCCCC/C=C\C/C=C\C/C=C\CCCCC(=O)OC[C@H](COP(=O)(O)O[C@H]1C(O)C(O)C(O)[C@@H](OP(=O)(O)O)C1O)OC(=O)CCC/C=C\C/C=C\C=C\[C@@H](O)C/C=C\CCCCC. The molecule has 0 amide bonds. The average Bonchev–Trinajstić information content (AvgIpc) is 3.27. The van der Waals surface area contributed by atoms with E-state index in [4.69, 9.17) is 28.3 Å². The van der Waals surface area contributed by atoms with Crippen LogP contribution in [0.3, 0.4) is 0 Å². The van der Waals surface area contributed by atoms with Gasteiger partial charge in [0.25, 0.3) is 0 Å². The third-order valence-corrected chi connectivity index (χ3v) is 11.5. The first-order chi connectivity index (χ1) is 31.5. The largest absolute Gasteiger partial charge is 0.472 e. The molecule has 0 bridgehead atoms. The second-order valence-electron chi connectivity index (χ2n) is 16.0. The maximum atomic E-state index is 13.0. The van der Waals surface area contributed by atoms with Gasteiger partial charge in [0.1, 0.15) is 43.2 Å². The number of aliphatic hydroxyl groups excluding tert-OH is 5. The molecule has 0 radical (unpaired) electrons. The third-order valence-electron chi connectivity index (χ3n) is 10.0. The number of aliphatic hydroxyl groups is 5. The average molecular weight is 977 g/mol. The van der Waals surface area contributed by atoms with Gasteiger partial charge in [-0.15, -0.1) is 0 Å². The van der Waals surface area contributed by atoms with Crippen molar-refractivity contribution in [3.05, 3.63) is 85.1 Å². The van der Waals surface area contributed by atoms with E-state index >= 15 is 0 Å². The minimum Gasteiger partial charge on any atom is -0.462 e. The van der Waals surface area contributed by atoms with Crippen molar-refractivity contribution >= 4 is 27.6 Å². The van der Waals surface area contributed by atoms with E-state index in [1.807, 2.05) is 36.5 Å². The van der Waals surface area contributed by atoms with E-state index in [1.165, 1.54) is 32.1 Å². The molecule has 0 aromatic rings. The number of rotatable bonds is 37. The lowest BCUT2D eigenvalue weighted by Crippen LogP contribution is -2.64. The lowest BCUT2D eigenvalue weighted by atomic mass is 9.85. The van der Waals surface area contributed by atoms with Gasteiger partial charge in [-0.05, 0) is 83.5 Å². The number of allylic oxidation sites excluding steroid dienone is 12. The molecule has 1 rings (SSSR count). The van der Waals surface area contributed by atoms with Crippen LogP contribution < -0.4 is 0 Å². The van der Waals surface area contributed by atoms with Crippen LogP contribution in [-0.4, -0.2) is 114 Å². The number of ether oxygens (including phenoxy) is 2. The molecule has 1 saturated carbocycles. The first-order valence-corrected chi connectivity index (χ1v) is 26.3. The van der Waals surface area contributed by atoms with Crippen LogP contribution in [0, 0.1) is 0 Å². The van der Waals surface area contributed by atoms with Crippen molar-refractivity contribution in [2.45, 2.75) is 185 Å². The molecule has 0 spiro atoms. The first kappa shape index (κ1) is 61.2. The van der Waals surface area contributed by atoms with Gasteiger partial charge in [-0.2, -0.15) is 0 Å².